The van der Waals surface area contributed by atoms with E-state index in [9.17, 15) is 18.0 Å². The van der Waals surface area contributed by atoms with Gasteiger partial charge < -0.3 is 5.32 Å². The molecule has 2 N–H and O–H groups in total. The van der Waals surface area contributed by atoms with E-state index in [1.54, 1.807) is 31.2 Å². The summed E-state index contributed by atoms with van der Waals surface area (Å²) in [6.07, 6.45) is 1.50. The van der Waals surface area contributed by atoms with Crippen molar-refractivity contribution >= 4 is 33.3 Å². The molecule has 3 aromatic rings. The van der Waals surface area contributed by atoms with E-state index in [0.29, 0.717) is 40.3 Å². The summed E-state index contributed by atoms with van der Waals surface area (Å²) >= 11 is 0. The number of benzene rings is 2. The number of aryl methyl sites for hydroxylation is 4. The van der Waals surface area contributed by atoms with Crippen LogP contribution in [0, 0.1) is 20.8 Å². The summed E-state index contributed by atoms with van der Waals surface area (Å²) in [5, 5.41) is 7.28. The van der Waals surface area contributed by atoms with Gasteiger partial charge in [-0.2, -0.15) is 9.78 Å². The molecule has 0 unspecified atom stereocenters. The second-order valence-corrected chi connectivity index (χ2v) is 10.3. The summed E-state index contributed by atoms with van der Waals surface area (Å²) in [7, 11) is -3.90. The quantitative estimate of drug-likeness (QED) is 0.536. The Morgan fingerprint density at radius 3 is 2.50 bits per heavy atom. The number of nitrogens with zero attached hydrogens (tertiary/aromatic N) is 2. The standard InChI is InChI=1S/C25H28N4O4S/c1-5-6-20-24(25-26-22(30)11-12-23(31)29(25)27-20)18-9-8-16(3)21(14-18)34(32,33)28-19-10-7-15(2)13-17(19)4/h7-10,13-14,28H,5-6,11-12H2,1-4H3,(H,26,30). The van der Waals surface area contributed by atoms with Crippen molar-refractivity contribution in [1.82, 2.24) is 9.78 Å². The lowest BCUT2D eigenvalue weighted by Gasteiger charge is -2.15. The van der Waals surface area contributed by atoms with Crippen LogP contribution in [-0.4, -0.2) is 30.0 Å². The first-order chi connectivity index (χ1) is 16.1. The largest absolute Gasteiger partial charge is 0.310 e. The predicted octanol–water partition coefficient (Wildman–Crippen LogP) is 4.60. The fourth-order valence-corrected chi connectivity index (χ4v) is 5.57. The summed E-state index contributed by atoms with van der Waals surface area (Å²) in [6, 6.07) is 10.6. The number of aromatic nitrogens is 2. The number of hydrogen-bond acceptors (Lipinski definition) is 5. The zero-order valence-electron chi connectivity index (χ0n) is 19.7. The van der Waals surface area contributed by atoms with Gasteiger partial charge in [0.15, 0.2) is 0 Å². The monoisotopic (exact) mass is 480 g/mol. The van der Waals surface area contributed by atoms with Gasteiger partial charge in [0.1, 0.15) is 5.82 Å². The van der Waals surface area contributed by atoms with E-state index in [1.165, 1.54) is 4.68 Å². The number of anilines is 2. The van der Waals surface area contributed by atoms with Gasteiger partial charge in [0.05, 0.1) is 16.3 Å². The fourth-order valence-electron chi connectivity index (χ4n) is 4.17. The minimum Gasteiger partial charge on any atom is -0.310 e. The smallest absolute Gasteiger partial charge is 0.262 e. The van der Waals surface area contributed by atoms with Crippen LogP contribution in [-0.2, 0) is 21.2 Å². The zero-order chi connectivity index (χ0) is 24.6. The molecule has 0 saturated carbocycles. The highest BCUT2D eigenvalue weighted by molar-refractivity contribution is 7.92. The first-order valence-corrected chi connectivity index (χ1v) is 12.7. The Balaban J connectivity index is 1.84. The average molecular weight is 481 g/mol. The highest BCUT2D eigenvalue weighted by atomic mass is 32.2. The van der Waals surface area contributed by atoms with E-state index >= 15 is 0 Å². The molecular formula is C25H28N4O4S. The first kappa shape index (κ1) is 23.7. The third kappa shape index (κ3) is 4.48. The Morgan fingerprint density at radius 2 is 1.79 bits per heavy atom. The van der Waals surface area contributed by atoms with Crippen molar-refractivity contribution in [1.29, 1.82) is 0 Å². The van der Waals surface area contributed by atoms with Crippen LogP contribution >= 0.6 is 0 Å². The van der Waals surface area contributed by atoms with Gasteiger partial charge in [-0.25, -0.2) is 8.42 Å². The number of nitrogens with one attached hydrogen (secondary N) is 2. The number of amides is 1. The molecule has 1 aliphatic rings. The lowest BCUT2D eigenvalue weighted by molar-refractivity contribution is -0.116. The molecular weight excluding hydrogens is 452 g/mol. The normalized spacial score (nSPS) is 13.9. The second-order valence-electron chi connectivity index (χ2n) is 8.68. The number of sulfonamides is 1. The van der Waals surface area contributed by atoms with Gasteiger partial charge in [-0.1, -0.05) is 43.2 Å². The second kappa shape index (κ2) is 9.06. The van der Waals surface area contributed by atoms with E-state index in [0.717, 1.165) is 17.5 Å². The number of hydrogen-bond donors (Lipinski definition) is 2. The molecule has 0 atom stereocenters. The van der Waals surface area contributed by atoms with Crippen molar-refractivity contribution < 1.29 is 18.0 Å². The molecule has 0 spiro atoms. The highest BCUT2D eigenvalue weighted by Crippen LogP contribution is 2.36. The summed E-state index contributed by atoms with van der Waals surface area (Å²) < 4.78 is 30.7. The molecule has 0 radical (unpaired) electrons. The van der Waals surface area contributed by atoms with Gasteiger partial charge in [-0.05, 0) is 56.0 Å². The third-order valence-corrected chi connectivity index (χ3v) is 7.40. The summed E-state index contributed by atoms with van der Waals surface area (Å²) in [4.78, 5) is 25.0. The molecule has 2 heterocycles. The molecule has 0 bridgehead atoms. The molecule has 4 rings (SSSR count). The number of fused-ring (bicyclic) bond motifs is 1. The molecule has 2 aromatic carbocycles. The predicted molar refractivity (Wildman–Crippen MR) is 132 cm³/mol. The highest BCUT2D eigenvalue weighted by Gasteiger charge is 2.28. The van der Waals surface area contributed by atoms with Gasteiger partial charge in [0.25, 0.3) is 10.0 Å². The molecule has 8 nitrogen and oxygen atoms in total. The summed E-state index contributed by atoms with van der Waals surface area (Å²) in [5.41, 5.74) is 4.75. The van der Waals surface area contributed by atoms with Crippen LogP contribution in [0.25, 0.3) is 11.1 Å². The van der Waals surface area contributed by atoms with Crippen LogP contribution in [0.5, 0.6) is 0 Å². The molecule has 178 valence electrons. The van der Waals surface area contributed by atoms with Crippen molar-refractivity contribution in [2.75, 3.05) is 10.0 Å². The Labute approximate surface area is 199 Å². The van der Waals surface area contributed by atoms with Crippen LogP contribution < -0.4 is 10.0 Å². The van der Waals surface area contributed by atoms with Crippen LogP contribution in [0.15, 0.2) is 41.3 Å². The van der Waals surface area contributed by atoms with Gasteiger partial charge in [0, 0.05) is 18.4 Å². The molecule has 1 aliphatic heterocycles. The van der Waals surface area contributed by atoms with Gasteiger partial charge >= 0.3 is 0 Å². The van der Waals surface area contributed by atoms with Crippen molar-refractivity contribution in [2.24, 2.45) is 0 Å². The van der Waals surface area contributed by atoms with Gasteiger partial charge in [-0.3, -0.25) is 14.3 Å². The average Bonchev–Trinajstić information content (AvgIpc) is 3.05. The minimum absolute atomic E-state index is 0.0683. The van der Waals surface area contributed by atoms with E-state index in [1.807, 2.05) is 32.9 Å². The van der Waals surface area contributed by atoms with Gasteiger partial charge in [0.2, 0.25) is 11.8 Å². The van der Waals surface area contributed by atoms with Gasteiger partial charge in [-0.15, -0.1) is 0 Å². The number of rotatable bonds is 6. The fraction of sp³-hybridized carbons (Fsp3) is 0.320. The topological polar surface area (TPSA) is 110 Å². The number of carbonyl (C=O) groups is 2. The third-order valence-electron chi connectivity index (χ3n) is 5.90. The van der Waals surface area contributed by atoms with Crippen LogP contribution in [0.4, 0.5) is 11.5 Å². The van der Waals surface area contributed by atoms with E-state index in [-0.39, 0.29) is 29.6 Å². The van der Waals surface area contributed by atoms with E-state index in [4.69, 9.17) is 0 Å². The maximum absolute atomic E-state index is 13.4. The molecule has 0 aliphatic carbocycles. The maximum atomic E-state index is 13.4. The lowest BCUT2D eigenvalue weighted by atomic mass is 10.0. The first-order valence-electron chi connectivity index (χ1n) is 11.3. The molecule has 9 heteroatoms. The Hall–Kier alpha value is -3.46. The zero-order valence-corrected chi connectivity index (χ0v) is 20.5. The van der Waals surface area contributed by atoms with Crippen molar-refractivity contribution in [3.05, 3.63) is 58.8 Å². The Morgan fingerprint density at radius 1 is 1.03 bits per heavy atom. The molecule has 1 amide bonds. The minimum atomic E-state index is -3.90. The SMILES string of the molecule is CCCc1nn2c(c1-c1ccc(C)c(S(=O)(=O)Nc3ccc(C)cc3C)c1)NC(=O)CCC2=O. The molecule has 0 fully saturated rings. The van der Waals surface area contributed by atoms with Crippen molar-refractivity contribution in [2.45, 2.75) is 58.3 Å². The molecule has 0 saturated heterocycles. The maximum Gasteiger partial charge on any atom is 0.262 e. The van der Waals surface area contributed by atoms with Crippen molar-refractivity contribution in [3.63, 3.8) is 0 Å². The van der Waals surface area contributed by atoms with Crippen LogP contribution in [0.1, 0.15) is 53.4 Å². The van der Waals surface area contributed by atoms with Crippen molar-refractivity contribution in [3.8, 4) is 11.1 Å². The van der Waals surface area contributed by atoms with Crippen LogP contribution in [0.2, 0.25) is 0 Å². The summed E-state index contributed by atoms with van der Waals surface area (Å²) in [6.45, 7) is 7.53. The summed E-state index contributed by atoms with van der Waals surface area (Å²) in [5.74, 6) is -0.244. The molecule has 1 aromatic heterocycles. The Bertz CT molecular complexity index is 1410. The Kier molecular flexibility index (Phi) is 6.31. The van der Waals surface area contributed by atoms with E-state index < -0.39 is 10.0 Å². The number of carbonyl (C=O) groups excluding carboxylic acids is 2. The lowest BCUT2D eigenvalue weighted by Crippen LogP contribution is -2.15. The molecule has 34 heavy (non-hydrogen) atoms. The van der Waals surface area contributed by atoms with E-state index in [2.05, 4.69) is 15.1 Å². The van der Waals surface area contributed by atoms with Crippen LogP contribution in [0.3, 0.4) is 0 Å².